The van der Waals surface area contributed by atoms with Gasteiger partial charge in [0, 0.05) is 22.7 Å². The monoisotopic (exact) mass is 326 g/mol. The Hall–Kier alpha value is -1.56. The molecule has 1 aromatic carbocycles. The van der Waals surface area contributed by atoms with Gasteiger partial charge in [0.1, 0.15) is 0 Å². The van der Waals surface area contributed by atoms with Gasteiger partial charge in [0.25, 0.3) is 5.91 Å². The van der Waals surface area contributed by atoms with Crippen LogP contribution in [0, 0.1) is 5.92 Å². The van der Waals surface area contributed by atoms with Crippen LogP contribution in [0.1, 0.15) is 23.7 Å². The number of carboxylic acid groups (broad SMARTS) is 1. The summed E-state index contributed by atoms with van der Waals surface area (Å²) in [7, 11) is 0. The van der Waals surface area contributed by atoms with E-state index in [1.807, 2.05) is 0 Å². The van der Waals surface area contributed by atoms with Crippen molar-refractivity contribution in [3.05, 3.63) is 28.2 Å². The van der Waals surface area contributed by atoms with Gasteiger partial charge < -0.3 is 15.7 Å². The molecule has 3 N–H and O–H groups in total. The van der Waals surface area contributed by atoms with Gasteiger partial charge in [0.05, 0.1) is 11.5 Å². The van der Waals surface area contributed by atoms with Crippen LogP contribution in [-0.2, 0) is 4.79 Å². The second kappa shape index (κ2) is 5.21. The molecular formula is C13H15BrN2O3. The van der Waals surface area contributed by atoms with Crippen LogP contribution in [0.25, 0.3) is 0 Å². The molecule has 2 unspecified atom stereocenters. The Balaban J connectivity index is 2.23. The minimum atomic E-state index is -0.855. The molecule has 102 valence electrons. The topological polar surface area (TPSA) is 83.6 Å². The van der Waals surface area contributed by atoms with Gasteiger partial charge in [-0.1, -0.05) is 15.9 Å². The van der Waals surface area contributed by atoms with Crippen LogP contribution >= 0.6 is 15.9 Å². The number of halogens is 1. The molecule has 0 aliphatic carbocycles. The Bertz CT molecular complexity index is 533. The molecule has 5 nitrogen and oxygen atoms in total. The van der Waals surface area contributed by atoms with E-state index in [2.05, 4.69) is 15.9 Å². The zero-order valence-corrected chi connectivity index (χ0v) is 12.1. The Morgan fingerprint density at radius 2 is 2.16 bits per heavy atom. The number of carbonyl (C=O) groups is 2. The summed E-state index contributed by atoms with van der Waals surface area (Å²) in [6, 6.07) is 4.76. The van der Waals surface area contributed by atoms with Crippen LogP contribution in [0.5, 0.6) is 0 Å². The molecule has 0 saturated carbocycles. The average molecular weight is 327 g/mol. The number of benzene rings is 1. The Kier molecular flexibility index (Phi) is 3.80. The molecule has 1 fully saturated rings. The fourth-order valence-electron chi connectivity index (χ4n) is 2.44. The summed E-state index contributed by atoms with van der Waals surface area (Å²) in [4.78, 5) is 25.0. The third-order valence-corrected chi connectivity index (χ3v) is 4.07. The van der Waals surface area contributed by atoms with Gasteiger partial charge in [-0.05, 0) is 31.5 Å². The first-order chi connectivity index (χ1) is 8.91. The molecule has 2 atom stereocenters. The summed E-state index contributed by atoms with van der Waals surface area (Å²) in [5.41, 5.74) is 6.65. The van der Waals surface area contributed by atoms with Gasteiger partial charge in [0.15, 0.2) is 0 Å². The van der Waals surface area contributed by atoms with Gasteiger partial charge in [-0.25, -0.2) is 0 Å². The molecule has 1 aromatic rings. The number of rotatable bonds is 2. The van der Waals surface area contributed by atoms with Crippen molar-refractivity contribution in [2.75, 3.05) is 12.3 Å². The smallest absolute Gasteiger partial charge is 0.308 e. The average Bonchev–Trinajstić information content (AvgIpc) is 2.70. The number of aliphatic carboxylic acids is 1. The van der Waals surface area contributed by atoms with Crippen LogP contribution in [0.3, 0.4) is 0 Å². The predicted molar refractivity (Wildman–Crippen MR) is 74.8 cm³/mol. The van der Waals surface area contributed by atoms with E-state index >= 15 is 0 Å². The van der Waals surface area contributed by atoms with E-state index < -0.39 is 11.9 Å². The molecule has 2 rings (SSSR count). The number of carbonyl (C=O) groups excluding carboxylic acids is 1. The fraction of sp³-hybridized carbons (Fsp3) is 0.385. The highest BCUT2D eigenvalue weighted by Gasteiger charge is 2.38. The minimum Gasteiger partial charge on any atom is -0.481 e. The maximum absolute atomic E-state index is 12.4. The van der Waals surface area contributed by atoms with Crippen LogP contribution < -0.4 is 5.73 Å². The number of hydrogen-bond acceptors (Lipinski definition) is 3. The maximum Gasteiger partial charge on any atom is 0.308 e. The molecule has 1 aliphatic heterocycles. The molecule has 0 bridgehead atoms. The van der Waals surface area contributed by atoms with E-state index in [1.54, 1.807) is 30.0 Å². The second-order valence-electron chi connectivity index (χ2n) is 4.70. The largest absolute Gasteiger partial charge is 0.481 e. The van der Waals surface area contributed by atoms with Crippen molar-refractivity contribution < 1.29 is 14.7 Å². The molecule has 19 heavy (non-hydrogen) atoms. The zero-order chi connectivity index (χ0) is 14.2. The predicted octanol–water partition coefficient (Wildman–Crippen LogP) is 1.97. The SMILES string of the molecule is CC1C(C(=O)O)CCN1C(=O)c1ccc(Br)cc1N. The molecule has 0 radical (unpaired) electrons. The molecule has 6 heteroatoms. The van der Waals surface area contributed by atoms with Crippen LogP contribution in [0.15, 0.2) is 22.7 Å². The van der Waals surface area contributed by atoms with Crippen LogP contribution in [-0.4, -0.2) is 34.5 Å². The van der Waals surface area contributed by atoms with Crippen molar-refractivity contribution in [3.8, 4) is 0 Å². The third kappa shape index (κ3) is 2.58. The molecule has 0 aromatic heterocycles. The fourth-order valence-corrected chi connectivity index (χ4v) is 2.82. The zero-order valence-electron chi connectivity index (χ0n) is 10.5. The first kappa shape index (κ1) is 13.9. The van der Waals surface area contributed by atoms with Crippen molar-refractivity contribution in [3.63, 3.8) is 0 Å². The van der Waals surface area contributed by atoms with Crippen molar-refractivity contribution in [2.24, 2.45) is 5.92 Å². The van der Waals surface area contributed by atoms with Gasteiger partial charge >= 0.3 is 5.97 Å². The van der Waals surface area contributed by atoms with Crippen molar-refractivity contribution >= 4 is 33.5 Å². The molecule has 1 amide bonds. The van der Waals surface area contributed by atoms with E-state index in [0.717, 1.165) is 4.47 Å². The number of amides is 1. The number of carboxylic acids is 1. The summed E-state index contributed by atoms with van der Waals surface area (Å²) in [5, 5.41) is 9.08. The van der Waals surface area contributed by atoms with Gasteiger partial charge in [0.2, 0.25) is 0 Å². The third-order valence-electron chi connectivity index (χ3n) is 3.58. The van der Waals surface area contributed by atoms with Crippen molar-refractivity contribution in [1.29, 1.82) is 0 Å². The van der Waals surface area contributed by atoms with Gasteiger partial charge in [-0.15, -0.1) is 0 Å². The maximum atomic E-state index is 12.4. The number of nitrogens with zero attached hydrogens (tertiary/aromatic N) is 1. The second-order valence-corrected chi connectivity index (χ2v) is 5.62. The lowest BCUT2D eigenvalue weighted by Gasteiger charge is -2.24. The lowest BCUT2D eigenvalue weighted by Crippen LogP contribution is -2.37. The Morgan fingerprint density at radius 1 is 1.47 bits per heavy atom. The minimum absolute atomic E-state index is 0.207. The highest BCUT2D eigenvalue weighted by molar-refractivity contribution is 9.10. The standard InChI is InChI=1S/C13H15BrN2O3/c1-7-9(13(18)19)4-5-16(7)12(17)10-3-2-8(14)6-11(10)15/h2-3,6-7,9H,4-5,15H2,1H3,(H,18,19). The lowest BCUT2D eigenvalue weighted by molar-refractivity contribution is -0.142. The Morgan fingerprint density at radius 3 is 2.68 bits per heavy atom. The van der Waals surface area contributed by atoms with E-state index in [4.69, 9.17) is 10.8 Å². The van der Waals surface area contributed by atoms with Crippen LogP contribution in [0.4, 0.5) is 5.69 Å². The van der Waals surface area contributed by atoms with E-state index in [9.17, 15) is 9.59 Å². The summed E-state index contributed by atoms with van der Waals surface area (Å²) in [6.07, 6.45) is 0.485. The summed E-state index contributed by atoms with van der Waals surface area (Å²) < 4.78 is 0.805. The molecular weight excluding hydrogens is 312 g/mol. The lowest BCUT2D eigenvalue weighted by atomic mass is 10.0. The number of likely N-dealkylation sites (tertiary alicyclic amines) is 1. The van der Waals surface area contributed by atoms with E-state index in [1.165, 1.54) is 0 Å². The summed E-state index contributed by atoms with van der Waals surface area (Å²) in [5.74, 6) is -1.56. The molecule has 1 heterocycles. The normalized spacial score (nSPS) is 22.5. The van der Waals surface area contributed by atoms with E-state index in [-0.39, 0.29) is 11.9 Å². The Labute approximate surface area is 119 Å². The number of nitrogen functional groups attached to an aromatic ring is 1. The van der Waals surface area contributed by atoms with Crippen LogP contribution in [0.2, 0.25) is 0 Å². The molecule has 0 spiro atoms. The van der Waals surface area contributed by atoms with Crippen molar-refractivity contribution in [2.45, 2.75) is 19.4 Å². The van der Waals surface area contributed by atoms with Gasteiger partial charge in [-0.2, -0.15) is 0 Å². The van der Waals surface area contributed by atoms with Crippen molar-refractivity contribution in [1.82, 2.24) is 4.90 Å². The number of anilines is 1. The highest BCUT2D eigenvalue weighted by atomic mass is 79.9. The summed E-state index contributed by atoms with van der Waals surface area (Å²) >= 11 is 3.29. The highest BCUT2D eigenvalue weighted by Crippen LogP contribution is 2.28. The summed E-state index contributed by atoms with van der Waals surface area (Å²) in [6.45, 7) is 2.21. The first-order valence-electron chi connectivity index (χ1n) is 6.00. The van der Waals surface area contributed by atoms with E-state index in [0.29, 0.717) is 24.2 Å². The molecule has 1 saturated heterocycles. The number of hydrogen-bond donors (Lipinski definition) is 2. The van der Waals surface area contributed by atoms with Gasteiger partial charge in [-0.3, -0.25) is 9.59 Å². The first-order valence-corrected chi connectivity index (χ1v) is 6.80. The number of nitrogens with two attached hydrogens (primary N) is 1. The molecule has 1 aliphatic rings. The quantitative estimate of drug-likeness (QED) is 0.814.